The van der Waals surface area contributed by atoms with E-state index in [1.165, 1.54) is 50.3 Å². The van der Waals surface area contributed by atoms with Crippen molar-refractivity contribution in [1.29, 1.82) is 0 Å². The highest BCUT2D eigenvalue weighted by Gasteiger charge is 2.42. The smallest absolute Gasteiger partial charge is 0.0501 e. The Bertz CT molecular complexity index is 1410. The predicted molar refractivity (Wildman–Crippen MR) is 156 cm³/mol. The fraction of sp³-hybridized carbons (Fsp3) is 0.314. The van der Waals surface area contributed by atoms with Crippen LogP contribution in [0.15, 0.2) is 91.0 Å². The largest absolute Gasteiger partial charge is 0.336 e. The summed E-state index contributed by atoms with van der Waals surface area (Å²) < 4.78 is 0. The maximum atomic E-state index is 2.60. The third-order valence-electron chi connectivity index (χ3n) is 7.61. The van der Waals surface area contributed by atoms with E-state index in [9.17, 15) is 0 Å². The minimum Gasteiger partial charge on any atom is -0.336 e. The molecule has 1 heteroatoms. The quantitative estimate of drug-likeness (QED) is 0.286. The third kappa shape index (κ3) is 3.95. The van der Waals surface area contributed by atoms with Crippen LogP contribution in [-0.4, -0.2) is 5.54 Å². The number of hydrogen-bond donors (Lipinski definition) is 0. The molecule has 1 aliphatic carbocycles. The number of fused-ring (bicyclic) bond motifs is 3. The molecule has 0 aliphatic heterocycles. The summed E-state index contributed by atoms with van der Waals surface area (Å²) in [5.41, 5.74) is 11.8. The first-order valence-corrected chi connectivity index (χ1v) is 13.1. The summed E-state index contributed by atoms with van der Waals surface area (Å²) in [6.45, 7) is 18.8. The molecule has 0 amide bonds. The fourth-order valence-corrected chi connectivity index (χ4v) is 5.99. The van der Waals surface area contributed by atoms with E-state index < -0.39 is 0 Å². The molecule has 1 aliphatic rings. The summed E-state index contributed by atoms with van der Waals surface area (Å²) in [4.78, 5) is 2.60. The van der Waals surface area contributed by atoms with E-state index in [4.69, 9.17) is 0 Å². The topological polar surface area (TPSA) is 3.24 Å². The van der Waals surface area contributed by atoms with Gasteiger partial charge in [0, 0.05) is 16.6 Å². The van der Waals surface area contributed by atoms with Crippen LogP contribution < -0.4 is 4.90 Å². The second kappa shape index (κ2) is 8.37. The summed E-state index contributed by atoms with van der Waals surface area (Å²) >= 11 is 0. The van der Waals surface area contributed by atoms with Crippen molar-refractivity contribution in [1.82, 2.24) is 0 Å². The lowest BCUT2D eigenvalue weighted by atomic mass is 9.76. The number of nitrogens with zero attached hydrogens (tertiary/aromatic N) is 1. The van der Waals surface area contributed by atoms with Gasteiger partial charge in [0.05, 0.1) is 5.69 Å². The number of anilines is 2. The lowest BCUT2D eigenvalue weighted by Crippen LogP contribution is -2.40. The molecule has 0 unspecified atom stereocenters. The van der Waals surface area contributed by atoms with Crippen LogP contribution in [0.1, 0.15) is 72.1 Å². The van der Waals surface area contributed by atoms with Crippen LogP contribution in [0.5, 0.6) is 0 Å². The Kier molecular flexibility index (Phi) is 5.67. The maximum absolute atomic E-state index is 2.60. The average molecular weight is 474 g/mol. The van der Waals surface area contributed by atoms with Crippen LogP contribution in [0, 0.1) is 0 Å². The van der Waals surface area contributed by atoms with Crippen molar-refractivity contribution in [3.63, 3.8) is 0 Å². The standard InChI is InChI=1S/C35H39N/c1-33(2,3)30-22-21-28-27-19-12-13-20-29(27)35(7,8)31(28)32(30)36(34(4,5)6)26-18-14-17-25(23-26)24-15-10-9-11-16-24/h9-23H,1-8H3. The lowest BCUT2D eigenvalue weighted by molar-refractivity contribution is 0.535. The zero-order valence-electron chi connectivity index (χ0n) is 23.1. The minimum absolute atomic E-state index is 0.00421. The van der Waals surface area contributed by atoms with E-state index in [1.807, 2.05) is 0 Å². The van der Waals surface area contributed by atoms with E-state index in [0.29, 0.717) is 0 Å². The SMILES string of the molecule is CC(C)(C)c1ccc2c(c1N(c1cccc(-c3ccccc3)c1)C(C)(C)C)C(C)(C)c1ccccc1-2. The monoisotopic (exact) mass is 473 g/mol. The fourth-order valence-electron chi connectivity index (χ4n) is 5.99. The van der Waals surface area contributed by atoms with Gasteiger partial charge in [-0.25, -0.2) is 0 Å². The van der Waals surface area contributed by atoms with Gasteiger partial charge in [0.2, 0.25) is 0 Å². The molecule has 0 fully saturated rings. The van der Waals surface area contributed by atoms with Crippen LogP contribution in [-0.2, 0) is 10.8 Å². The third-order valence-corrected chi connectivity index (χ3v) is 7.61. The molecule has 0 heterocycles. The summed E-state index contributed by atoms with van der Waals surface area (Å²) in [6.07, 6.45) is 0. The molecule has 0 saturated carbocycles. The van der Waals surface area contributed by atoms with Crippen LogP contribution in [0.3, 0.4) is 0 Å². The van der Waals surface area contributed by atoms with Gasteiger partial charge in [0.25, 0.3) is 0 Å². The first-order valence-electron chi connectivity index (χ1n) is 13.1. The van der Waals surface area contributed by atoms with Gasteiger partial charge in [-0.2, -0.15) is 0 Å². The molecule has 5 rings (SSSR count). The molecule has 0 spiro atoms. The molecule has 0 atom stereocenters. The maximum Gasteiger partial charge on any atom is 0.0501 e. The number of rotatable bonds is 3. The molecule has 1 nitrogen and oxygen atoms in total. The molecule has 4 aromatic carbocycles. The van der Waals surface area contributed by atoms with Crippen molar-refractivity contribution in [3.05, 3.63) is 108 Å². The first-order chi connectivity index (χ1) is 16.9. The molecule has 0 bridgehead atoms. The molecule has 184 valence electrons. The Labute approximate surface area is 217 Å². The lowest BCUT2D eigenvalue weighted by Gasteiger charge is -2.44. The van der Waals surface area contributed by atoms with Gasteiger partial charge >= 0.3 is 0 Å². The molecular weight excluding hydrogens is 434 g/mol. The van der Waals surface area contributed by atoms with Crippen LogP contribution in [0.2, 0.25) is 0 Å². The van der Waals surface area contributed by atoms with Crippen molar-refractivity contribution in [2.24, 2.45) is 0 Å². The molecule has 0 aromatic heterocycles. The average Bonchev–Trinajstić information content (AvgIpc) is 3.06. The van der Waals surface area contributed by atoms with Crippen molar-refractivity contribution >= 4 is 11.4 Å². The highest BCUT2D eigenvalue weighted by molar-refractivity contribution is 5.90. The summed E-state index contributed by atoms with van der Waals surface area (Å²) in [5, 5.41) is 0. The van der Waals surface area contributed by atoms with Gasteiger partial charge in [0.1, 0.15) is 0 Å². The zero-order valence-corrected chi connectivity index (χ0v) is 23.1. The van der Waals surface area contributed by atoms with Crippen molar-refractivity contribution in [2.75, 3.05) is 4.90 Å². The minimum atomic E-state index is -0.130. The highest BCUT2D eigenvalue weighted by Crippen LogP contribution is 2.56. The Morgan fingerprint density at radius 1 is 0.611 bits per heavy atom. The Morgan fingerprint density at radius 2 is 1.25 bits per heavy atom. The van der Waals surface area contributed by atoms with Gasteiger partial charge < -0.3 is 4.90 Å². The Hall–Kier alpha value is -3.32. The van der Waals surface area contributed by atoms with Gasteiger partial charge in [-0.3, -0.25) is 0 Å². The highest BCUT2D eigenvalue weighted by atomic mass is 15.2. The van der Waals surface area contributed by atoms with Gasteiger partial charge in [-0.1, -0.05) is 113 Å². The zero-order chi connectivity index (χ0) is 25.9. The summed E-state index contributed by atoms with van der Waals surface area (Å²) in [5.74, 6) is 0. The number of hydrogen-bond acceptors (Lipinski definition) is 1. The first kappa shape index (κ1) is 24.4. The second-order valence-corrected chi connectivity index (χ2v) is 12.7. The normalized spacial score (nSPS) is 14.3. The van der Waals surface area contributed by atoms with E-state index in [1.54, 1.807) is 0 Å². The van der Waals surface area contributed by atoms with E-state index in [2.05, 4.69) is 151 Å². The molecular formula is C35H39N. The van der Waals surface area contributed by atoms with Crippen molar-refractivity contribution in [2.45, 2.75) is 71.8 Å². The second-order valence-electron chi connectivity index (χ2n) is 12.7. The van der Waals surface area contributed by atoms with E-state index >= 15 is 0 Å². The van der Waals surface area contributed by atoms with Crippen molar-refractivity contribution in [3.8, 4) is 22.3 Å². The van der Waals surface area contributed by atoms with Gasteiger partial charge in [-0.15, -0.1) is 0 Å². The molecule has 0 N–H and O–H groups in total. The van der Waals surface area contributed by atoms with Gasteiger partial charge in [0.15, 0.2) is 0 Å². The van der Waals surface area contributed by atoms with Crippen LogP contribution >= 0.6 is 0 Å². The van der Waals surface area contributed by atoms with Gasteiger partial charge in [-0.05, 0) is 77.3 Å². The number of benzene rings is 4. The predicted octanol–water partition coefficient (Wildman–Crippen LogP) is 9.89. The Balaban J connectivity index is 1.84. The van der Waals surface area contributed by atoms with E-state index in [0.717, 1.165) is 0 Å². The molecule has 36 heavy (non-hydrogen) atoms. The van der Waals surface area contributed by atoms with Crippen LogP contribution in [0.4, 0.5) is 11.4 Å². The summed E-state index contributed by atoms with van der Waals surface area (Å²) in [6, 6.07) is 33.5. The molecule has 0 radical (unpaired) electrons. The van der Waals surface area contributed by atoms with Crippen molar-refractivity contribution < 1.29 is 0 Å². The summed E-state index contributed by atoms with van der Waals surface area (Å²) in [7, 11) is 0. The van der Waals surface area contributed by atoms with E-state index in [-0.39, 0.29) is 16.4 Å². The Morgan fingerprint density at radius 3 is 1.92 bits per heavy atom. The molecule has 0 saturated heterocycles. The van der Waals surface area contributed by atoms with Crippen LogP contribution in [0.25, 0.3) is 22.3 Å². The molecule has 4 aromatic rings.